The summed E-state index contributed by atoms with van der Waals surface area (Å²) in [7, 11) is 0. The van der Waals surface area contributed by atoms with Crippen molar-refractivity contribution in [3.63, 3.8) is 0 Å². The van der Waals surface area contributed by atoms with Crippen molar-refractivity contribution >= 4 is 5.71 Å². The van der Waals surface area contributed by atoms with Crippen LogP contribution in [0.5, 0.6) is 0 Å². The summed E-state index contributed by atoms with van der Waals surface area (Å²) >= 11 is 0. The van der Waals surface area contributed by atoms with Crippen LogP contribution in [0.1, 0.15) is 78.1 Å². The van der Waals surface area contributed by atoms with E-state index in [1.54, 1.807) is 0 Å². The molecule has 2 aliphatic rings. The maximum atomic E-state index is 4.78. The van der Waals surface area contributed by atoms with Gasteiger partial charge in [0.25, 0.3) is 0 Å². The molecule has 1 aliphatic carbocycles. The normalized spacial score (nSPS) is 28.8. The van der Waals surface area contributed by atoms with Crippen LogP contribution in [0, 0.1) is 11.8 Å². The van der Waals surface area contributed by atoms with Crippen molar-refractivity contribution in [1.82, 2.24) is 16.3 Å². The third-order valence-corrected chi connectivity index (χ3v) is 5.02. The number of nitrogens with zero attached hydrogens (tertiary/aromatic N) is 1. The van der Waals surface area contributed by atoms with Gasteiger partial charge in [-0.3, -0.25) is 10.9 Å². The number of hydrogen-bond acceptors (Lipinski definition) is 4. The molecule has 2 fully saturated rings. The van der Waals surface area contributed by atoms with Crippen molar-refractivity contribution in [3.8, 4) is 0 Å². The molecule has 1 saturated carbocycles. The van der Waals surface area contributed by atoms with Crippen LogP contribution in [0.15, 0.2) is 5.10 Å². The van der Waals surface area contributed by atoms with E-state index in [4.69, 9.17) is 5.10 Å². The first-order chi connectivity index (χ1) is 10.3. The van der Waals surface area contributed by atoms with Crippen LogP contribution in [0.4, 0.5) is 0 Å². The van der Waals surface area contributed by atoms with Crippen LogP contribution >= 0.6 is 0 Å². The molecule has 4 nitrogen and oxygen atoms in total. The summed E-state index contributed by atoms with van der Waals surface area (Å²) in [5, 5.41) is 4.78. The van der Waals surface area contributed by atoms with Gasteiger partial charge in [-0.05, 0) is 50.4 Å². The van der Waals surface area contributed by atoms with Gasteiger partial charge in [-0.1, -0.05) is 39.5 Å². The molecular formula is C17H34N4. The van der Waals surface area contributed by atoms with Crippen LogP contribution in [0.2, 0.25) is 0 Å². The molecule has 1 saturated heterocycles. The lowest BCUT2D eigenvalue weighted by molar-refractivity contribution is 0.0994. The molecule has 0 aromatic carbocycles. The standard InChI is InChI=1S/C17H34N4/c1-3-5-10-15(11-6-4-2)19-21-17-16-12-8-7-9-14(16)13-18-20-17/h14,16-18,20-21H,3-13H2,1-2H3. The summed E-state index contributed by atoms with van der Waals surface area (Å²) in [4.78, 5) is 0. The zero-order chi connectivity index (χ0) is 14.9. The fourth-order valence-electron chi connectivity index (χ4n) is 3.62. The van der Waals surface area contributed by atoms with Crippen molar-refractivity contribution in [2.45, 2.75) is 84.2 Å². The number of unbranched alkanes of at least 4 members (excludes halogenated alkanes) is 2. The van der Waals surface area contributed by atoms with E-state index < -0.39 is 0 Å². The van der Waals surface area contributed by atoms with Crippen LogP contribution in [0.3, 0.4) is 0 Å². The van der Waals surface area contributed by atoms with E-state index in [1.165, 1.54) is 57.1 Å². The highest BCUT2D eigenvalue weighted by Crippen LogP contribution is 2.32. The number of rotatable bonds is 8. The molecule has 0 aromatic rings. The molecule has 0 aromatic heterocycles. The minimum absolute atomic E-state index is 0.308. The molecule has 4 heteroatoms. The van der Waals surface area contributed by atoms with Gasteiger partial charge in [-0.15, -0.1) is 0 Å². The number of hydrazine groups is 1. The number of fused-ring (bicyclic) bond motifs is 1. The van der Waals surface area contributed by atoms with E-state index in [9.17, 15) is 0 Å². The fraction of sp³-hybridized carbons (Fsp3) is 0.941. The van der Waals surface area contributed by atoms with Crippen molar-refractivity contribution in [3.05, 3.63) is 0 Å². The molecule has 0 amide bonds. The van der Waals surface area contributed by atoms with Crippen molar-refractivity contribution < 1.29 is 0 Å². The highest BCUT2D eigenvalue weighted by Gasteiger charge is 2.34. The molecule has 3 atom stereocenters. The predicted octanol–water partition coefficient (Wildman–Crippen LogP) is 3.55. The van der Waals surface area contributed by atoms with Gasteiger partial charge in [0, 0.05) is 12.3 Å². The van der Waals surface area contributed by atoms with Crippen LogP contribution in [0.25, 0.3) is 0 Å². The lowest BCUT2D eigenvalue weighted by atomic mass is 9.77. The summed E-state index contributed by atoms with van der Waals surface area (Å²) in [5.41, 5.74) is 11.6. The van der Waals surface area contributed by atoms with Crippen molar-refractivity contribution in [2.24, 2.45) is 16.9 Å². The van der Waals surface area contributed by atoms with Gasteiger partial charge in [0.2, 0.25) is 0 Å². The molecule has 1 heterocycles. The minimum Gasteiger partial charge on any atom is -0.291 e. The zero-order valence-electron chi connectivity index (χ0n) is 14.0. The third kappa shape index (κ3) is 5.26. The predicted molar refractivity (Wildman–Crippen MR) is 90.0 cm³/mol. The Balaban J connectivity index is 1.88. The van der Waals surface area contributed by atoms with E-state index in [0.29, 0.717) is 6.17 Å². The molecule has 0 spiro atoms. The molecule has 0 radical (unpaired) electrons. The quantitative estimate of drug-likeness (QED) is 0.474. The van der Waals surface area contributed by atoms with E-state index >= 15 is 0 Å². The Kier molecular flexibility index (Phi) is 7.51. The van der Waals surface area contributed by atoms with Gasteiger partial charge in [0.15, 0.2) is 0 Å². The lowest BCUT2D eigenvalue weighted by Gasteiger charge is -2.41. The van der Waals surface area contributed by atoms with E-state index in [2.05, 4.69) is 30.1 Å². The molecule has 0 bridgehead atoms. The van der Waals surface area contributed by atoms with Crippen LogP contribution in [-0.4, -0.2) is 18.4 Å². The second-order valence-electron chi connectivity index (χ2n) is 6.73. The van der Waals surface area contributed by atoms with Gasteiger partial charge < -0.3 is 0 Å². The molecular weight excluding hydrogens is 260 g/mol. The van der Waals surface area contributed by atoms with Crippen LogP contribution < -0.4 is 16.3 Å². The Hall–Kier alpha value is -0.610. The molecule has 3 N–H and O–H groups in total. The monoisotopic (exact) mass is 294 g/mol. The second-order valence-corrected chi connectivity index (χ2v) is 6.73. The van der Waals surface area contributed by atoms with E-state index in [0.717, 1.165) is 31.2 Å². The fourth-order valence-corrected chi connectivity index (χ4v) is 3.62. The van der Waals surface area contributed by atoms with Gasteiger partial charge in [0.1, 0.15) is 6.17 Å². The average Bonchev–Trinajstić information content (AvgIpc) is 2.54. The molecule has 122 valence electrons. The Morgan fingerprint density at radius 2 is 1.81 bits per heavy atom. The maximum Gasteiger partial charge on any atom is 0.109 e. The minimum atomic E-state index is 0.308. The average molecular weight is 294 g/mol. The van der Waals surface area contributed by atoms with Gasteiger partial charge in [0.05, 0.1) is 0 Å². The first-order valence-corrected chi connectivity index (χ1v) is 9.14. The Bertz CT molecular complexity index is 304. The van der Waals surface area contributed by atoms with E-state index in [1.807, 2.05) is 0 Å². The van der Waals surface area contributed by atoms with Gasteiger partial charge in [-0.2, -0.15) is 5.10 Å². The SMILES string of the molecule is CCCCC(CCCC)=NNC1NNCC2CCCCC21. The van der Waals surface area contributed by atoms with Gasteiger partial charge in [-0.25, -0.2) is 5.43 Å². The molecule has 21 heavy (non-hydrogen) atoms. The number of nitrogens with one attached hydrogen (secondary N) is 3. The molecule has 3 unspecified atom stereocenters. The lowest BCUT2D eigenvalue weighted by Crippen LogP contribution is -2.61. The number of hydrazone groups is 1. The van der Waals surface area contributed by atoms with Gasteiger partial charge >= 0.3 is 0 Å². The summed E-state index contributed by atoms with van der Waals surface area (Å²) in [6, 6.07) is 0. The summed E-state index contributed by atoms with van der Waals surface area (Å²) < 4.78 is 0. The zero-order valence-corrected chi connectivity index (χ0v) is 14.0. The second kappa shape index (κ2) is 9.42. The third-order valence-electron chi connectivity index (χ3n) is 5.02. The summed E-state index contributed by atoms with van der Waals surface area (Å²) in [6.07, 6.45) is 13.1. The first-order valence-electron chi connectivity index (χ1n) is 9.14. The molecule has 2 rings (SSSR count). The van der Waals surface area contributed by atoms with Crippen molar-refractivity contribution in [1.29, 1.82) is 0 Å². The highest BCUT2D eigenvalue weighted by atomic mass is 15.5. The maximum absolute atomic E-state index is 4.78. The Morgan fingerprint density at radius 1 is 1.10 bits per heavy atom. The first kappa shape index (κ1) is 16.8. The highest BCUT2D eigenvalue weighted by molar-refractivity contribution is 5.84. The van der Waals surface area contributed by atoms with E-state index in [-0.39, 0.29) is 0 Å². The van der Waals surface area contributed by atoms with Crippen LogP contribution in [-0.2, 0) is 0 Å². The summed E-state index contributed by atoms with van der Waals surface area (Å²) in [5.74, 6) is 1.56. The Morgan fingerprint density at radius 3 is 2.52 bits per heavy atom. The number of hydrogen-bond donors (Lipinski definition) is 3. The molecule has 1 aliphatic heterocycles. The smallest absolute Gasteiger partial charge is 0.109 e. The topological polar surface area (TPSA) is 48.5 Å². The van der Waals surface area contributed by atoms with Crippen molar-refractivity contribution in [2.75, 3.05) is 6.54 Å². The summed E-state index contributed by atoms with van der Waals surface area (Å²) in [6.45, 7) is 5.62. The largest absolute Gasteiger partial charge is 0.291 e. The Labute approximate surface area is 130 Å².